The van der Waals surface area contributed by atoms with Crippen molar-refractivity contribution >= 4 is 52.0 Å². The van der Waals surface area contributed by atoms with Gasteiger partial charge in [-0.05, 0) is 80.0 Å². The molecule has 0 spiro atoms. The minimum Gasteiger partial charge on any atom is -0.508 e. The van der Waals surface area contributed by atoms with E-state index >= 15 is 0 Å². The number of esters is 1. The van der Waals surface area contributed by atoms with Crippen LogP contribution in [0.1, 0.15) is 62.8 Å². The number of hydrogen-bond donors (Lipinski definition) is 2. The first-order valence-electron chi connectivity index (χ1n) is 15.7. The van der Waals surface area contributed by atoms with Crippen LogP contribution in [-0.2, 0) is 62.4 Å². The number of phenols is 1. The molecule has 3 heterocycles. The molecule has 0 aliphatic heterocycles. The van der Waals surface area contributed by atoms with E-state index in [-0.39, 0.29) is 6.61 Å². The summed E-state index contributed by atoms with van der Waals surface area (Å²) in [6, 6.07) is 10.1. The summed E-state index contributed by atoms with van der Waals surface area (Å²) in [6.45, 7) is 2.06. The molecule has 0 atom stereocenters. The number of nitrogens with zero attached hydrogens (tertiary/aromatic N) is 5. The molecular weight excluding hydrogens is 654 g/mol. The van der Waals surface area contributed by atoms with Crippen molar-refractivity contribution in [1.29, 1.82) is 0 Å². The Bertz CT molecular complexity index is 1980. The summed E-state index contributed by atoms with van der Waals surface area (Å²) in [5.41, 5.74) is 10.3. The highest BCUT2D eigenvalue weighted by atomic mass is 35.5. The number of aromatic hydroxyl groups is 1. The number of thioether (sulfide) groups is 2. The highest BCUT2D eigenvalue weighted by Crippen LogP contribution is 2.43. The number of aromatic nitrogens is 5. The maximum Gasteiger partial charge on any atom is 0.354 e. The molecule has 12 heteroatoms. The van der Waals surface area contributed by atoms with Gasteiger partial charge in [0.15, 0.2) is 0 Å². The molecular formula is C35H40ClN5O4S2. The maximum absolute atomic E-state index is 13.0. The average Bonchev–Trinajstić information content (AvgIpc) is 3.80. The molecule has 6 rings (SSSR count). The number of ether oxygens (including phenoxy) is 1. The number of aliphatic hydroxyl groups is 1. The molecule has 0 unspecified atom stereocenters. The number of benzene rings is 2. The van der Waals surface area contributed by atoms with E-state index in [1.165, 1.54) is 12.7 Å². The minimum atomic E-state index is -0.420. The van der Waals surface area contributed by atoms with E-state index in [4.69, 9.17) is 26.5 Å². The second kappa shape index (κ2) is 14.0. The summed E-state index contributed by atoms with van der Waals surface area (Å²) in [5.74, 6) is 2.13. The van der Waals surface area contributed by atoms with Gasteiger partial charge in [-0.1, -0.05) is 17.7 Å². The fraction of sp³-hybridized carbons (Fsp3) is 0.400. The van der Waals surface area contributed by atoms with Crippen molar-refractivity contribution in [2.45, 2.75) is 61.2 Å². The molecule has 5 aromatic rings. The standard InChI is InChI=1S/C35H40ClN5O4S2/c1-20-31(32-28(36)12-11-27-26(10-7-13-42)34(35(44)45-5)39(2)33(27)32)29(38-40(20)3)19-46-17-22-15-23(41(4)37-22)18-47-24-14-21-8-6-9-25(21)30(43)16-24/h11-12,14-16,42-43H,6-10,13,17-19H2,1-5H3. The topological polar surface area (TPSA) is 107 Å². The number of hydrogen-bond acceptors (Lipinski definition) is 8. The van der Waals surface area contributed by atoms with E-state index < -0.39 is 5.97 Å². The summed E-state index contributed by atoms with van der Waals surface area (Å²) in [5, 5.41) is 31.2. The number of phenolic OH excluding ortho intramolecular Hbond substituents is 1. The van der Waals surface area contributed by atoms with Crippen molar-refractivity contribution in [1.82, 2.24) is 24.1 Å². The fourth-order valence-corrected chi connectivity index (χ4v) is 8.83. The molecule has 0 fully saturated rings. The largest absolute Gasteiger partial charge is 0.508 e. The first-order chi connectivity index (χ1) is 22.6. The van der Waals surface area contributed by atoms with Gasteiger partial charge in [0.1, 0.15) is 11.4 Å². The monoisotopic (exact) mass is 693 g/mol. The fourth-order valence-electron chi connectivity index (χ4n) is 6.73. The Morgan fingerprint density at radius 2 is 1.85 bits per heavy atom. The Morgan fingerprint density at radius 1 is 1.04 bits per heavy atom. The quantitative estimate of drug-likeness (QED) is 0.107. The zero-order chi connectivity index (χ0) is 33.4. The van der Waals surface area contributed by atoms with Crippen molar-refractivity contribution < 1.29 is 19.7 Å². The van der Waals surface area contributed by atoms with Gasteiger partial charge in [0.05, 0.1) is 29.0 Å². The molecule has 0 saturated heterocycles. The summed E-state index contributed by atoms with van der Waals surface area (Å²) in [6.07, 6.45) is 4.17. The summed E-state index contributed by atoms with van der Waals surface area (Å²) < 4.78 is 10.9. The molecule has 0 saturated carbocycles. The lowest BCUT2D eigenvalue weighted by Gasteiger charge is -2.11. The molecule has 1 aliphatic carbocycles. The van der Waals surface area contributed by atoms with Gasteiger partial charge in [-0.25, -0.2) is 4.79 Å². The van der Waals surface area contributed by atoms with Gasteiger partial charge in [0, 0.05) is 77.8 Å². The van der Waals surface area contributed by atoms with E-state index in [0.29, 0.717) is 40.8 Å². The van der Waals surface area contributed by atoms with E-state index in [2.05, 4.69) is 12.1 Å². The minimum absolute atomic E-state index is 0.0241. The van der Waals surface area contributed by atoms with Crippen LogP contribution in [0, 0.1) is 6.92 Å². The molecule has 0 bridgehead atoms. The number of aliphatic hydroxyl groups excluding tert-OH is 1. The first-order valence-corrected chi connectivity index (χ1v) is 18.2. The van der Waals surface area contributed by atoms with Gasteiger partial charge >= 0.3 is 5.97 Å². The third-order valence-electron chi connectivity index (χ3n) is 9.10. The molecule has 1 aliphatic rings. The van der Waals surface area contributed by atoms with Gasteiger partial charge in [0.2, 0.25) is 0 Å². The lowest BCUT2D eigenvalue weighted by molar-refractivity contribution is 0.0589. The van der Waals surface area contributed by atoms with Gasteiger partial charge in [-0.15, -0.1) is 23.5 Å². The Morgan fingerprint density at radius 3 is 2.62 bits per heavy atom. The number of carbonyl (C=O) groups excluding carboxylic acids is 1. The molecule has 3 aromatic heterocycles. The predicted octanol–water partition coefficient (Wildman–Crippen LogP) is 6.91. The third kappa shape index (κ3) is 6.42. The van der Waals surface area contributed by atoms with Crippen LogP contribution in [0.4, 0.5) is 0 Å². The van der Waals surface area contributed by atoms with Crippen molar-refractivity contribution in [3.63, 3.8) is 0 Å². The van der Waals surface area contributed by atoms with Crippen LogP contribution in [0.25, 0.3) is 22.0 Å². The van der Waals surface area contributed by atoms with E-state index in [9.17, 15) is 15.0 Å². The van der Waals surface area contributed by atoms with E-state index in [0.717, 1.165) is 85.8 Å². The predicted molar refractivity (Wildman–Crippen MR) is 190 cm³/mol. The molecule has 47 heavy (non-hydrogen) atoms. The molecule has 2 aromatic carbocycles. The van der Waals surface area contributed by atoms with Crippen molar-refractivity contribution in [3.05, 3.63) is 80.5 Å². The zero-order valence-electron chi connectivity index (χ0n) is 27.4. The number of halogens is 1. The summed E-state index contributed by atoms with van der Waals surface area (Å²) in [7, 11) is 7.15. The summed E-state index contributed by atoms with van der Waals surface area (Å²) in [4.78, 5) is 14.0. The SMILES string of the molecule is COC(=O)c1c(CCCO)c2ccc(Cl)c(-c3c(CSCc4cc(CSc5cc(O)c6c(c5)CCC6)n(C)n4)nn(C)c3C)c2n1C. The number of fused-ring (bicyclic) bond motifs is 2. The lowest BCUT2D eigenvalue weighted by atomic mass is 9.98. The Hall–Kier alpha value is -3.38. The highest BCUT2D eigenvalue weighted by molar-refractivity contribution is 7.98. The second-order valence-electron chi connectivity index (χ2n) is 12.0. The zero-order valence-corrected chi connectivity index (χ0v) is 29.8. The number of carbonyl (C=O) groups is 1. The van der Waals surface area contributed by atoms with E-state index in [1.807, 2.05) is 60.2 Å². The molecule has 248 valence electrons. The van der Waals surface area contributed by atoms with Crippen LogP contribution in [0.3, 0.4) is 0 Å². The molecule has 2 N–H and O–H groups in total. The highest BCUT2D eigenvalue weighted by Gasteiger charge is 2.27. The van der Waals surface area contributed by atoms with Crippen LogP contribution >= 0.6 is 35.1 Å². The van der Waals surface area contributed by atoms with Crippen LogP contribution in [-0.4, -0.2) is 54.0 Å². The summed E-state index contributed by atoms with van der Waals surface area (Å²) >= 11 is 10.4. The van der Waals surface area contributed by atoms with Crippen molar-refractivity contribution in [2.75, 3.05) is 13.7 Å². The molecule has 9 nitrogen and oxygen atoms in total. The van der Waals surface area contributed by atoms with Crippen LogP contribution in [0.2, 0.25) is 5.02 Å². The third-order valence-corrected chi connectivity index (χ3v) is 11.4. The van der Waals surface area contributed by atoms with E-state index in [1.54, 1.807) is 23.5 Å². The molecule has 0 amide bonds. The normalized spacial score (nSPS) is 12.7. The van der Waals surface area contributed by atoms with Crippen LogP contribution < -0.4 is 0 Å². The molecule has 0 radical (unpaired) electrons. The maximum atomic E-state index is 13.0. The van der Waals surface area contributed by atoms with Crippen LogP contribution in [0.5, 0.6) is 5.75 Å². The number of methoxy groups -OCH3 is 1. The van der Waals surface area contributed by atoms with Gasteiger partial charge in [-0.2, -0.15) is 10.2 Å². The Labute approximate surface area is 288 Å². The van der Waals surface area contributed by atoms with Crippen molar-refractivity contribution in [2.24, 2.45) is 21.1 Å². The Balaban J connectivity index is 1.24. The Kier molecular flexibility index (Phi) is 9.98. The number of rotatable bonds is 12. The lowest BCUT2D eigenvalue weighted by Crippen LogP contribution is -2.10. The second-order valence-corrected chi connectivity index (χ2v) is 14.5. The average molecular weight is 694 g/mol. The first kappa shape index (κ1) is 33.5. The number of aryl methyl sites for hydroxylation is 5. The van der Waals surface area contributed by atoms with Gasteiger partial charge < -0.3 is 19.5 Å². The van der Waals surface area contributed by atoms with Crippen molar-refractivity contribution in [3.8, 4) is 16.9 Å². The van der Waals surface area contributed by atoms with Gasteiger partial charge in [0.25, 0.3) is 0 Å². The smallest absolute Gasteiger partial charge is 0.354 e. The van der Waals surface area contributed by atoms with Crippen LogP contribution in [0.15, 0.2) is 35.2 Å². The van der Waals surface area contributed by atoms with Gasteiger partial charge in [-0.3, -0.25) is 9.36 Å².